The van der Waals surface area contributed by atoms with Crippen LogP contribution in [0.3, 0.4) is 0 Å². The van der Waals surface area contributed by atoms with E-state index in [2.05, 4.69) is 21.2 Å². The molecule has 0 aliphatic heterocycles. The largest absolute Gasteiger partial charge is 0.398 e. The number of nitrogen functional groups attached to an aromatic ring is 1. The SMILES string of the molecule is Nc1cc(Br)ccc1C(=O)Nc1ccccc1[N+](=O)[O-]. The molecule has 0 aliphatic rings. The minimum Gasteiger partial charge on any atom is -0.398 e. The highest BCUT2D eigenvalue weighted by atomic mass is 79.9. The summed E-state index contributed by atoms with van der Waals surface area (Å²) in [4.78, 5) is 22.4. The minimum atomic E-state index is -0.555. The van der Waals surface area contributed by atoms with Crippen LogP contribution in [-0.2, 0) is 0 Å². The van der Waals surface area contributed by atoms with E-state index >= 15 is 0 Å². The first kappa shape index (κ1) is 14.0. The highest BCUT2D eigenvalue weighted by Gasteiger charge is 2.17. The second-order valence-corrected chi connectivity index (χ2v) is 4.88. The Morgan fingerprint density at radius 1 is 1.25 bits per heavy atom. The average Bonchev–Trinajstić information content (AvgIpc) is 2.38. The molecule has 0 atom stereocenters. The van der Waals surface area contributed by atoms with Crippen molar-refractivity contribution in [2.45, 2.75) is 0 Å². The molecule has 0 heterocycles. The highest BCUT2D eigenvalue weighted by molar-refractivity contribution is 9.10. The number of benzene rings is 2. The molecule has 3 N–H and O–H groups in total. The number of para-hydroxylation sites is 2. The van der Waals surface area contributed by atoms with E-state index in [9.17, 15) is 14.9 Å². The molecule has 2 aromatic rings. The second kappa shape index (κ2) is 5.70. The van der Waals surface area contributed by atoms with E-state index < -0.39 is 10.8 Å². The van der Waals surface area contributed by atoms with Crippen LogP contribution >= 0.6 is 15.9 Å². The Morgan fingerprint density at radius 2 is 1.95 bits per heavy atom. The van der Waals surface area contributed by atoms with Crippen molar-refractivity contribution < 1.29 is 9.72 Å². The van der Waals surface area contributed by atoms with Crippen LogP contribution in [0.5, 0.6) is 0 Å². The van der Waals surface area contributed by atoms with E-state index in [-0.39, 0.29) is 22.6 Å². The predicted octanol–water partition coefficient (Wildman–Crippen LogP) is 3.19. The molecule has 0 unspecified atom stereocenters. The van der Waals surface area contributed by atoms with Crippen LogP contribution in [0.2, 0.25) is 0 Å². The third kappa shape index (κ3) is 2.94. The lowest BCUT2D eigenvalue weighted by Gasteiger charge is -2.08. The van der Waals surface area contributed by atoms with Gasteiger partial charge in [-0.2, -0.15) is 0 Å². The molecule has 20 heavy (non-hydrogen) atoms. The van der Waals surface area contributed by atoms with Gasteiger partial charge in [-0.15, -0.1) is 0 Å². The van der Waals surface area contributed by atoms with Crippen molar-refractivity contribution in [2.75, 3.05) is 11.1 Å². The number of hydrogen-bond acceptors (Lipinski definition) is 4. The number of hydrogen-bond donors (Lipinski definition) is 2. The zero-order valence-electron chi connectivity index (χ0n) is 10.2. The van der Waals surface area contributed by atoms with Gasteiger partial charge in [-0.25, -0.2) is 0 Å². The van der Waals surface area contributed by atoms with Crippen LogP contribution in [0, 0.1) is 10.1 Å². The van der Waals surface area contributed by atoms with Crippen LogP contribution in [0.15, 0.2) is 46.9 Å². The number of nitro groups is 1. The van der Waals surface area contributed by atoms with Gasteiger partial charge in [-0.3, -0.25) is 14.9 Å². The summed E-state index contributed by atoms with van der Waals surface area (Å²) in [5.74, 6) is -0.496. The molecule has 2 rings (SSSR count). The van der Waals surface area contributed by atoms with Crippen LogP contribution in [-0.4, -0.2) is 10.8 Å². The number of anilines is 2. The molecule has 2 aromatic carbocycles. The summed E-state index contributed by atoms with van der Waals surface area (Å²) in [6, 6.07) is 10.7. The number of nitrogens with two attached hydrogens (primary N) is 1. The van der Waals surface area contributed by atoms with E-state index in [0.29, 0.717) is 0 Å². The number of amides is 1. The minimum absolute atomic E-state index is 0.129. The van der Waals surface area contributed by atoms with Crippen molar-refractivity contribution in [2.24, 2.45) is 0 Å². The van der Waals surface area contributed by atoms with Crippen LogP contribution in [0.4, 0.5) is 17.1 Å². The van der Waals surface area contributed by atoms with Crippen molar-refractivity contribution >= 4 is 38.9 Å². The molecule has 0 fully saturated rings. The van der Waals surface area contributed by atoms with E-state index in [0.717, 1.165) is 4.47 Å². The van der Waals surface area contributed by atoms with Gasteiger partial charge in [-0.05, 0) is 24.3 Å². The van der Waals surface area contributed by atoms with Gasteiger partial charge in [0.25, 0.3) is 11.6 Å². The van der Waals surface area contributed by atoms with Crippen molar-refractivity contribution in [1.82, 2.24) is 0 Å². The van der Waals surface area contributed by atoms with Gasteiger partial charge in [-0.1, -0.05) is 28.1 Å². The van der Waals surface area contributed by atoms with Crippen LogP contribution in [0.25, 0.3) is 0 Å². The number of rotatable bonds is 3. The van der Waals surface area contributed by atoms with Gasteiger partial charge in [0.15, 0.2) is 0 Å². The third-order valence-electron chi connectivity index (χ3n) is 2.61. The van der Waals surface area contributed by atoms with Crippen molar-refractivity contribution in [3.8, 4) is 0 Å². The average molecular weight is 336 g/mol. The lowest BCUT2D eigenvalue weighted by atomic mass is 10.1. The molecule has 0 spiro atoms. The highest BCUT2D eigenvalue weighted by Crippen LogP contribution is 2.25. The van der Waals surface area contributed by atoms with Gasteiger partial charge in [0.2, 0.25) is 0 Å². The summed E-state index contributed by atoms with van der Waals surface area (Å²) < 4.78 is 0.747. The van der Waals surface area contributed by atoms with Crippen molar-refractivity contribution in [1.29, 1.82) is 0 Å². The molecule has 7 heteroatoms. The Kier molecular flexibility index (Phi) is 3.99. The molecule has 0 aliphatic carbocycles. The quantitative estimate of drug-likeness (QED) is 0.511. The fourth-order valence-electron chi connectivity index (χ4n) is 1.67. The van der Waals surface area contributed by atoms with Crippen LogP contribution < -0.4 is 11.1 Å². The van der Waals surface area contributed by atoms with Gasteiger partial charge in [0.05, 0.1) is 10.5 Å². The summed E-state index contributed by atoms with van der Waals surface area (Å²) in [6.45, 7) is 0. The molecule has 102 valence electrons. The lowest BCUT2D eigenvalue weighted by molar-refractivity contribution is -0.383. The van der Waals surface area contributed by atoms with E-state index in [1.165, 1.54) is 18.2 Å². The number of nitro benzene ring substituents is 1. The molecule has 0 aromatic heterocycles. The Hall–Kier alpha value is -2.41. The number of nitrogens with zero attached hydrogens (tertiary/aromatic N) is 1. The molecular formula is C13H10BrN3O3. The number of carbonyl (C=O) groups excluding carboxylic acids is 1. The number of nitrogens with one attached hydrogen (secondary N) is 1. The monoisotopic (exact) mass is 335 g/mol. The topological polar surface area (TPSA) is 98.3 Å². The van der Waals surface area contributed by atoms with E-state index in [1.807, 2.05) is 0 Å². The first-order valence-corrected chi connectivity index (χ1v) is 6.38. The summed E-state index contributed by atoms with van der Waals surface area (Å²) in [5, 5.41) is 13.4. The van der Waals surface area contributed by atoms with Gasteiger partial charge < -0.3 is 11.1 Å². The first-order chi connectivity index (χ1) is 9.49. The maximum absolute atomic E-state index is 12.1. The standard InChI is InChI=1S/C13H10BrN3O3/c14-8-5-6-9(10(15)7-8)13(18)16-11-3-1-2-4-12(11)17(19)20/h1-7H,15H2,(H,16,18). The number of halogens is 1. The van der Waals surface area contributed by atoms with Crippen molar-refractivity contribution in [3.63, 3.8) is 0 Å². The fraction of sp³-hybridized carbons (Fsp3) is 0. The summed E-state index contributed by atoms with van der Waals surface area (Å²) in [5.41, 5.74) is 6.25. The maximum Gasteiger partial charge on any atom is 0.292 e. The Bertz CT molecular complexity index is 688. The fourth-order valence-corrected chi connectivity index (χ4v) is 2.05. The van der Waals surface area contributed by atoms with Crippen LogP contribution in [0.1, 0.15) is 10.4 Å². The van der Waals surface area contributed by atoms with Gasteiger partial charge in [0.1, 0.15) is 5.69 Å². The molecule has 0 bridgehead atoms. The smallest absolute Gasteiger partial charge is 0.292 e. The molecule has 1 amide bonds. The number of carbonyl (C=O) groups is 1. The Balaban J connectivity index is 2.30. The normalized spacial score (nSPS) is 10.1. The molecule has 0 saturated heterocycles. The summed E-state index contributed by atoms with van der Waals surface area (Å²) in [6.07, 6.45) is 0. The van der Waals surface area contributed by atoms with Crippen molar-refractivity contribution in [3.05, 3.63) is 62.6 Å². The molecule has 6 nitrogen and oxygen atoms in total. The zero-order chi connectivity index (χ0) is 14.7. The summed E-state index contributed by atoms with van der Waals surface area (Å²) >= 11 is 3.24. The van der Waals surface area contributed by atoms with Gasteiger partial charge in [0, 0.05) is 16.2 Å². The van der Waals surface area contributed by atoms with Gasteiger partial charge >= 0.3 is 0 Å². The Labute approximate surface area is 122 Å². The second-order valence-electron chi connectivity index (χ2n) is 3.96. The lowest BCUT2D eigenvalue weighted by Crippen LogP contribution is -2.14. The van der Waals surface area contributed by atoms with E-state index in [1.54, 1.807) is 24.3 Å². The first-order valence-electron chi connectivity index (χ1n) is 5.59. The Morgan fingerprint density at radius 3 is 2.60 bits per heavy atom. The summed E-state index contributed by atoms with van der Waals surface area (Å²) in [7, 11) is 0. The molecular weight excluding hydrogens is 326 g/mol. The molecule has 0 saturated carbocycles. The maximum atomic E-state index is 12.1. The zero-order valence-corrected chi connectivity index (χ0v) is 11.8. The third-order valence-corrected chi connectivity index (χ3v) is 3.10. The molecule has 0 radical (unpaired) electrons. The predicted molar refractivity (Wildman–Crippen MR) is 79.6 cm³/mol. The van der Waals surface area contributed by atoms with E-state index in [4.69, 9.17) is 5.73 Å².